The summed E-state index contributed by atoms with van der Waals surface area (Å²) in [6.45, 7) is 5.03. The minimum atomic E-state index is -3.46. The van der Waals surface area contributed by atoms with Crippen LogP contribution in [-0.4, -0.2) is 43.8 Å². The summed E-state index contributed by atoms with van der Waals surface area (Å²) in [4.78, 5) is 16.2. The van der Waals surface area contributed by atoms with Crippen LogP contribution in [0.1, 0.15) is 45.2 Å². The molecule has 1 heterocycles. The largest absolute Gasteiger partial charge is 0.359 e. The highest BCUT2D eigenvalue weighted by Crippen LogP contribution is 2.26. The van der Waals surface area contributed by atoms with E-state index in [0.717, 1.165) is 41.9 Å². The fraction of sp³-hybridized carbons (Fsp3) is 0.500. The molecular formula is C20H29N3O3S2. The van der Waals surface area contributed by atoms with Gasteiger partial charge in [-0.15, -0.1) is 11.3 Å². The van der Waals surface area contributed by atoms with E-state index in [1.165, 1.54) is 11.3 Å². The van der Waals surface area contributed by atoms with Gasteiger partial charge in [-0.2, -0.15) is 4.31 Å². The summed E-state index contributed by atoms with van der Waals surface area (Å²) in [7, 11) is -1.83. The van der Waals surface area contributed by atoms with Crippen molar-refractivity contribution >= 4 is 27.3 Å². The number of thiazole rings is 1. The summed E-state index contributed by atoms with van der Waals surface area (Å²) < 4.78 is 27.2. The van der Waals surface area contributed by atoms with Crippen LogP contribution in [0.4, 0.5) is 0 Å². The van der Waals surface area contributed by atoms with Gasteiger partial charge in [0.15, 0.2) is 0 Å². The van der Waals surface area contributed by atoms with Gasteiger partial charge in [0.1, 0.15) is 5.01 Å². The summed E-state index contributed by atoms with van der Waals surface area (Å²) in [5.74, 6) is 0.0347. The highest BCUT2D eigenvalue weighted by Gasteiger charge is 2.23. The summed E-state index contributed by atoms with van der Waals surface area (Å²) in [6, 6.07) is 6.96. The van der Waals surface area contributed by atoms with Crippen molar-refractivity contribution in [3.8, 4) is 10.6 Å². The Kier molecular flexibility index (Phi) is 8.59. The summed E-state index contributed by atoms with van der Waals surface area (Å²) in [5.41, 5.74) is 1.86. The molecule has 0 aliphatic heterocycles. The maximum absolute atomic E-state index is 12.8. The Bertz CT molecular complexity index is 855. The van der Waals surface area contributed by atoms with E-state index >= 15 is 0 Å². The van der Waals surface area contributed by atoms with Gasteiger partial charge in [0.25, 0.3) is 0 Å². The van der Waals surface area contributed by atoms with Crippen molar-refractivity contribution in [3.63, 3.8) is 0 Å². The van der Waals surface area contributed by atoms with Crippen molar-refractivity contribution in [1.29, 1.82) is 0 Å². The molecule has 2 aromatic rings. The fourth-order valence-electron chi connectivity index (χ4n) is 2.88. The van der Waals surface area contributed by atoms with Gasteiger partial charge < -0.3 is 5.32 Å². The number of hydrogen-bond acceptors (Lipinski definition) is 5. The zero-order valence-corrected chi connectivity index (χ0v) is 18.4. The van der Waals surface area contributed by atoms with Crippen molar-refractivity contribution in [2.24, 2.45) is 0 Å². The molecule has 154 valence electrons. The van der Waals surface area contributed by atoms with Crippen LogP contribution in [0.5, 0.6) is 0 Å². The summed E-state index contributed by atoms with van der Waals surface area (Å²) >= 11 is 1.53. The van der Waals surface area contributed by atoms with Gasteiger partial charge >= 0.3 is 0 Å². The van der Waals surface area contributed by atoms with Crippen LogP contribution in [0.25, 0.3) is 10.6 Å². The molecule has 0 bridgehead atoms. The van der Waals surface area contributed by atoms with E-state index in [0.29, 0.717) is 24.4 Å². The van der Waals surface area contributed by atoms with Crippen molar-refractivity contribution in [2.45, 2.75) is 50.8 Å². The van der Waals surface area contributed by atoms with Crippen molar-refractivity contribution in [2.75, 3.05) is 20.1 Å². The average molecular weight is 424 g/mol. The van der Waals surface area contributed by atoms with E-state index in [2.05, 4.69) is 10.3 Å². The molecule has 0 aliphatic carbocycles. The molecule has 0 saturated heterocycles. The van der Waals surface area contributed by atoms with Crippen LogP contribution in [0.15, 0.2) is 34.5 Å². The van der Waals surface area contributed by atoms with E-state index in [1.54, 1.807) is 23.5 Å². The van der Waals surface area contributed by atoms with Gasteiger partial charge in [-0.05, 0) is 37.8 Å². The number of benzene rings is 1. The SMILES string of the molecule is CCCN(CCC)S(=O)(=O)c1ccc(-c2nc(CCCC(=O)NC)cs2)cc1. The Morgan fingerprint density at radius 3 is 2.36 bits per heavy atom. The monoisotopic (exact) mass is 423 g/mol. The van der Waals surface area contributed by atoms with Crippen LogP contribution in [0.2, 0.25) is 0 Å². The van der Waals surface area contributed by atoms with Crippen molar-refractivity contribution < 1.29 is 13.2 Å². The Morgan fingerprint density at radius 2 is 1.79 bits per heavy atom. The maximum atomic E-state index is 12.8. The number of amides is 1. The highest BCUT2D eigenvalue weighted by molar-refractivity contribution is 7.89. The lowest BCUT2D eigenvalue weighted by molar-refractivity contribution is -0.120. The van der Waals surface area contributed by atoms with Crippen molar-refractivity contribution in [3.05, 3.63) is 35.3 Å². The average Bonchev–Trinajstić information content (AvgIpc) is 3.16. The second-order valence-corrected chi connectivity index (χ2v) is 9.40. The molecule has 0 atom stereocenters. The van der Waals surface area contributed by atoms with E-state index in [-0.39, 0.29) is 5.91 Å². The highest BCUT2D eigenvalue weighted by atomic mass is 32.2. The van der Waals surface area contributed by atoms with E-state index in [9.17, 15) is 13.2 Å². The van der Waals surface area contributed by atoms with Gasteiger partial charge in [0, 0.05) is 37.5 Å². The predicted molar refractivity (Wildman–Crippen MR) is 114 cm³/mol. The zero-order valence-electron chi connectivity index (χ0n) is 16.8. The lowest BCUT2D eigenvalue weighted by Gasteiger charge is -2.21. The number of aryl methyl sites for hydroxylation is 1. The first-order valence-corrected chi connectivity index (χ1v) is 12.0. The van der Waals surface area contributed by atoms with Gasteiger partial charge in [0.05, 0.1) is 10.6 Å². The molecule has 0 aliphatic rings. The molecular weight excluding hydrogens is 394 g/mol. The Hall–Kier alpha value is -1.77. The van der Waals surface area contributed by atoms with E-state index in [1.807, 2.05) is 31.4 Å². The topological polar surface area (TPSA) is 79.4 Å². The molecule has 0 radical (unpaired) electrons. The number of aromatic nitrogens is 1. The molecule has 2 rings (SSSR count). The fourth-order valence-corrected chi connectivity index (χ4v) is 5.36. The molecule has 1 N–H and O–H groups in total. The molecule has 0 spiro atoms. The van der Waals surface area contributed by atoms with Gasteiger partial charge in [0.2, 0.25) is 15.9 Å². The minimum absolute atomic E-state index is 0.0347. The number of sulfonamides is 1. The van der Waals surface area contributed by atoms with Crippen molar-refractivity contribution in [1.82, 2.24) is 14.6 Å². The molecule has 1 amide bonds. The number of carbonyl (C=O) groups is 1. The minimum Gasteiger partial charge on any atom is -0.359 e. The molecule has 0 saturated carbocycles. The molecule has 8 heteroatoms. The Balaban J connectivity index is 2.09. The third-order valence-corrected chi connectivity index (χ3v) is 7.21. The first-order valence-electron chi connectivity index (χ1n) is 9.68. The molecule has 28 heavy (non-hydrogen) atoms. The molecule has 1 aromatic heterocycles. The lowest BCUT2D eigenvalue weighted by atomic mass is 10.2. The van der Waals surface area contributed by atoms with Gasteiger partial charge in [-0.1, -0.05) is 26.0 Å². The van der Waals surface area contributed by atoms with Crippen LogP contribution in [0, 0.1) is 0 Å². The van der Waals surface area contributed by atoms with Crippen LogP contribution in [-0.2, 0) is 21.2 Å². The van der Waals surface area contributed by atoms with Crippen LogP contribution >= 0.6 is 11.3 Å². The third-order valence-electron chi connectivity index (χ3n) is 4.35. The normalized spacial score (nSPS) is 11.7. The van der Waals surface area contributed by atoms with Crippen LogP contribution < -0.4 is 5.32 Å². The Labute approximate surface area is 172 Å². The second-order valence-electron chi connectivity index (χ2n) is 6.60. The van der Waals surface area contributed by atoms with E-state index in [4.69, 9.17) is 0 Å². The molecule has 0 fully saturated rings. The van der Waals surface area contributed by atoms with Gasteiger partial charge in [-0.25, -0.2) is 13.4 Å². The molecule has 1 aromatic carbocycles. The zero-order chi connectivity index (χ0) is 20.6. The number of nitrogens with zero attached hydrogens (tertiary/aromatic N) is 2. The quantitative estimate of drug-likeness (QED) is 0.598. The van der Waals surface area contributed by atoms with Gasteiger partial charge in [-0.3, -0.25) is 4.79 Å². The Morgan fingerprint density at radius 1 is 1.14 bits per heavy atom. The van der Waals surface area contributed by atoms with Crippen LogP contribution in [0.3, 0.4) is 0 Å². The summed E-state index contributed by atoms with van der Waals surface area (Å²) in [6.07, 6.45) is 3.57. The number of carbonyl (C=O) groups excluding carboxylic acids is 1. The number of rotatable bonds is 11. The second kappa shape index (κ2) is 10.7. The van der Waals surface area contributed by atoms with E-state index < -0.39 is 10.0 Å². The molecule has 6 nitrogen and oxygen atoms in total. The smallest absolute Gasteiger partial charge is 0.243 e. The predicted octanol–water partition coefficient (Wildman–Crippen LogP) is 3.69. The first kappa shape index (κ1) is 22.5. The number of hydrogen-bond donors (Lipinski definition) is 1. The maximum Gasteiger partial charge on any atom is 0.243 e. The standard InChI is InChI=1S/C20H29N3O3S2/c1-4-13-23(14-5-2)28(25,26)18-11-9-16(10-12-18)20-22-17(15-27-20)7-6-8-19(24)21-3/h9-12,15H,4-8,13-14H2,1-3H3,(H,21,24). The third kappa shape index (κ3) is 5.86. The number of nitrogens with one attached hydrogen (secondary N) is 1. The lowest BCUT2D eigenvalue weighted by Crippen LogP contribution is -2.32. The summed E-state index contributed by atoms with van der Waals surface area (Å²) in [5, 5.41) is 5.47. The molecule has 0 unspecified atom stereocenters. The first-order chi connectivity index (χ1) is 13.4.